The van der Waals surface area contributed by atoms with E-state index in [4.69, 9.17) is 9.52 Å². The molecule has 2 rings (SSSR count). The molecule has 1 aromatic heterocycles. The zero-order valence-electron chi connectivity index (χ0n) is 13.1. The van der Waals surface area contributed by atoms with Crippen LogP contribution in [0.3, 0.4) is 0 Å². The molecule has 1 fully saturated rings. The Labute approximate surface area is 126 Å². The van der Waals surface area contributed by atoms with Crippen LogP contribution in [0.25, 0.3) is 0 Å². The number of carbonyl (C=O) groups excluding carboxylic acids is 1. The molecule has 1 heterocycles. The van der Waals surface area contributed by atoms with E-state index in [1.54, 1.807) is 0 Å². The maximum absolute atomic E-state index is 11.8. The van der Waals surface area contributed by atoms with Gasteiger partial charge in [0.15, 0.2) is 0 Å². The number of nitrogens with one attached hydrogen (secondary N) is 1. The van der Waals surface area contributed by atoms with E-state index in [0.29, 0.717) is 31.2 Å². The van der Waals surface area contributed by atoms with Crippen LogP contribution in [0.1, 0.15) is 57.0 Å². The van der Waals surface area contributed by atoms with Crippen molar-refractivity contribution in [2.45, 2.75) is 51.9 Å². The topological polar surface area (TPSA) is 62.5 Å². The van der Waals surface area contributed by atoms with E-state index in [1.165, 1.54) is 6.42 Å². The van der Waals surface area contributed by atoms with Gasteiger partial charge in [-0.3, -0.25) is 4.79 Å². The highest BCUT2D eigenvalue weighted by Crippen LogP contribution is 2.47. The van der Waals surface area contributed by atoms with E-state index in [2.05, 4.69) is 25.2 Å². The minimum atomic E-state index is 0.0594. The van der Waals surface area contributed by atoms with Crippen molar-refractivity contribution in [2.75, 3.05) is 13.2 Å². The third kappa shape index (κ3) is 4.88. The van der Waals surface area contributed by atoms with Gasteiger partial charge in [0.1, 0.15) is 11.5 Å². The molecule has 0 bridgehead atoms. The molecule has 4 heteroatoms. The Morgan fingerprint density at radius 2 is 2.29 bits per heavy atom. The van der Waals surface area contributed by atoms with Crippen LogP contribution in [-0.4, -0.2) is 24.2 Å². The molecule has 3 unspecified atom stereocenters. The molecular formula is C17H27NO3. The van der Waals surface area contributed by atoms with Gasteiger partial charge in [0.2, 0.25) is 5.91 Å². The zero-order valence-corrected chi connectivity index (χ0v) is 13.1. The van der Waals surface area contributed by atoms with Crippen molar-refractivity contribution in [3.63, 3.8) is 0 Å². The molecule has 118 valence electrons. The molecule has 1 saturated carbocycles. The third-order valence-electron chi connectivity index (χ3n) is 4.46. The van der Waals surface area contributed by atoms with Crippen molar-refractivity contribution in [3.05, 3.63) is 23.7 Å². The lowest BCUT2D eigenvalue weighted by atomic mass is 10.0. The number of aliphatic hydroxyl groups excluding tert-OH is 1. The quantitative estimate of drug-likeness (QED) is 0.736. The van der Waals surface area contributed by atoms with Gasteiger partial charge in [-0.05, 0) is 36.8 Å². The van der Waals surface area contributed by atoms with E-state index in [0.717, 1.165) is 30.3 Å². The lowest BCUT2D eigenvalue weighted by molar-refractivity contribution is -0.121. The SMILES string of the molecule is CCC(CCO)CNC(=O)CCc1ccc(C2CC2C)o1. The summed E-state index contributed by atoms with van der Waals surface area (Å²) in [5, 5.41) is 11.9. The van der Waals surface area contributed by atoms with Gasteiger partial charge in [-0.2, -0.15) is 0 Å². The number of furan rings is 1. The van der Waals surface area contributed by atoms with Gasteiger partial charge in [0.05, 0.1) is 0 Å². The molecule has 1 aliphatic rings. The fraction of sp³-hybridized carbons (Fsp3) is 0.706. The average Bonchev–Trinajstić information content (AvgIpc) is 3.02. The monoisotopic (exact) mass is 293 g/mol. The summed E-state index contributed by atoms with van der Waals surface area (Å²) < 4.78 is 5.80. The molecule has 2 N–H and O–H groups in total. The fourth-order valence-electron chi connectivity index (χ4n) is 2.66. The second kappa shape index (κ2) is 7.64. The maximum atomic E-state index is 11.8. The molecule has 0 aromatic carbocycles. The lowest BCUT2D eigenvalue weighted by Gasteiger charge is -2.14. The van der Waals surface area contributed by atoms with Gasteiger partial charge in [-0.25, -0.2) is 0 Å². The summed E-state index contributed by atoms with van der Waals surface area (Å²) in [5.41, 5.74) is 0. The molecule has 4 nitrogen and oxygen atoms in total. The van der Waals surface area contributed by atoms with Crippen molar-refractivity contribution in [1.82, 2.24) is 5.32 Å². The van der Waals surface area contributed by atoms with Gasteiger partial charge >= 0.3 is 0 Å². The van der Waals surface area contributed by atoms with E-state index >= 15 is 0 Å². The van der Waals surface area contributed by atoms with Crippen LogP contribution < -0.4 is 5.32 Å². The van der Waals surface area contributed by atoms with Crippen LogP contribution in [0, 0.1) is 11.8 Å². The highest BCUT2D eigenvalue weighted by Gasteiger charge is 2.36. The molecule has 3 atom stereocenters. The Bertz CT molecular complexity index is 455. The normalized spacial score (nSPS) is 22.0. The van der Waals surface area contributed by atoms with Crippen LogP contribution in [0.5, 0.6) is 0 Å². The first-order chi connectivity index (χ1) is 10.1. The van der Waals surface area contributed by atoms with Crippen LogP contribution in [0.4, 0.5) is 0 Å². The Kier molecular flexibility index (Phi) is 5.85. The number of amides is 1. The minimum Gasteiger partial charge on any atom is -0.466 e. The molecule has 0 radical (unpaired) electrons. The third-order valence-corrected chi connectivity index (χ3v) is 4.46. The van der Waals surface area contributed by atoms with E-state index in [1.807, 2.05) is 6.07 Å². The summed E-state index contributed by atoms with van der Waals surface area (Å²) in [5.74, 6) is 3.74. The largest absolute Gasteiger partial charge is 0.466 e. The predicted molar refractivity (Wildman–Crippen MR) is 82.0 cm³/mol. The van der Waals surface area contributed by atoms with Gasteiger partial charge in [0.25, 0.3) is 0 Å². The zero-order chi connectivity index (χ0) is 15.2. The average molecular weight is 293 g/mol. The summed E-state index contributed by atoms with van der Waals surface area (Å²) in [6, 6.07) is 4.05. The van der Waals surface area contributed by atoms with E-state index in [9.17, 15) is 4.79 Å². The highest BCUT2D eigenvalue weighted by molar-refractivity contribution is 5.76. The fourth-order valence-corrected chi connectivity index (χ4v) is 2.66. The Balaban J connectivity index is 1.67. The van der Waals surface area contributed by atoms with Gasteiger partial charge < -0.3 is 14.8 Å². The predicted octanol–water partition coefficient (Wildman–Crippen LogP) is 2.86. The second-order valence-corrected chi connectivity index (χ2v) is 6.21. The lowest BCUT2D eigenvalue weighted by Crippen LogP contribution is -2.29. The summed E-state index contributed by atoms with van der Waals surface area (Å²) in [6.07, 6.45) is 4.06. The number of hydrogen-bond donors (Lipinski definition) is 2. The van der Waals surface area contributed by atoms with Gasteiger partial charge in [-0.1, -0.05) is 20.3 Å². The number of aliphatic hydroxyl groups is 1. The molecule has 0 spiro atoms. The van der Waals surface area contributed by atoms with Crippen LogP contribution in [0.15, 0.2) is 16.5 Å². The first-order valence-corrected chi connectivity index (χ1v) is 8.10. The summed E-state index contributed by atoms with van der Waals surface area (Å²) >= 11 is 0. The first-order valence-electron chi connectivity index (χ1n) is 8.10. The molecule has 1 amide bonds. The number of carbonyl (C=O) groups is 1. The first kappa shape index (κ1) is 16.1. The molecular weight excluding hydrogens is 266 g/mol. The molecule has 21 heavy (non-hydrogen) atoms. The standard InChI is InChI=1S/C17H27NO3/c1-3-13(8-9-19)11-18-17(20)7-5-14-4-6-16(21-14)15-10-12(15)2/h4,6,12-13,15,19H,3,5,7-11H2,1-2H3,(H,18,20). The van der Waals surface area contributed by atoms with Crippen molar-refractivity contribution < 1.29 is 14.3 Å². The van der Waals surface area contributed by atoms with E-state index in [-0.39, 0.29) is 12.5 Å². The Morgan fingerprint density at radius 1 is 1.52 bits per heavy atom. The number of hydrogen-bond acceptors (Lipinski definition) is 3. The number of rotatable bonds is 9. The number of aryl methyl sites for hydroxylation is 1. The summed E-state index contributed by atoms with van der Waals surface area (Å²) in [6.45, 7) is 5.15. The van der Waals surface area contributed by atoms with Crippen molar-refractivity contribution in [2.24, 2.45) is 11.8 Å². The van der Waals surface area contributed by atoms with Crippen LogP contribution >= 0.6 is 0 Å². The van der Waals surface area contributed by atoms with Gasteiger partial charge in [0, 0.05) is 31.9 Å². The Hall–Kier alpha value is -1.29. The highest BCUT2D eigenvalue weighted by atomic mass is 16.3. The summed E-state index contributed by atoms with van der Waals surface area (Å²) in [4.78, 5) is 11.8. The van der Waals surface area contributed by atoms with Crippen LogP contribution in [0.2, 0.25) is 0 Å². The molecule has 1 aliphatic carbocycles. The summed E-state index contributed by atoms with van der Waals surface area (Å²) in [7, 11) is 0. The Morgan fingerprint density at radius 3 is 2.90 bits per heavy atom. The van der Waals surface area contributed by atoms with Crippen molar-refractivity contribution in [1.29, 1.82) is 0 Å². The maximum Gasteiger partial charge on any atom is 0.220 e. The van der Waals surface area contributed by atoms with Gasteiger partial charge in [-0.15, -0.1) is 0 Å². The molecule has 0 saturated heterocycles. The second-order valence-electron chi connectivity index (χ2n) is 6.21. The van der Waals surface area contributed by atoms with Crippen molar-refractivity contribution in [3.8, 4) is 0 Å². The minimum absolute atomic E-state index is 0.0594. The van der Waals surface area contributed by atoms with Crippen molar-refractivity contribution >= 4 is 5.91 Å². The van der Waals surface area contributed by atoms with E-state index < -0.39 is 0 Å². The smallest absolute Gasteiger partial charge is 0.220 e. The molecule has 1 aromatic rings. The molecule has 0 aliphatic heterocycles. The van der Waals surface area contributed by atoms with Crippen LogP contribution in [-0.2, 0) is 11.2 Å².